The van der Waals surface area contributed by atoms with E-state index in [1.54, 1.807) is 11.8 Å². The van der Waals surface area contributed by atoms with Crippen LogP contribution in [0, 0.1) is 6.92 Å². The number of nitrogens with one attached hydrogen (secondary N) is 1. The van der Waals surface area contributed by atoms with Gasteiger partial charge in [-0.3, -0.25) is 4.79 Å². The molecule has 0 aliphatic carbocycles. The highest BCUT2D eigenvalue weighted by molar-refractivity contribution is 7.99. The predicted octanol–water partition coefficient (Wildman–Crippen LogP) is 4.15. The number of anilines is 1. The van der Waals surface area contributed by atoms with Gasteiger partial charge < -0.3 is 9.88 Å². The molecule has 0 radical (unpaired) electrons. The summed E-state index contributed by atoms with van der Waals surface area (Å²) in [6, 6.07) is 15.8. The Hall–Kier alpha value is -2.53. The number of carbonyl (C=O) groups excluding carboxylic acids is 1. The van der Waals surface area contributed by atoms with Gasteiger partial charge in [0.15, 0.2) is 5.16 Å². The molecular formula is C20H19N3OS. The van der Waals surface area contributed by atoms with Crippen molar-refractivity contribution in [2.45, 2.75) is 25.0 Å². The molecule has 2 aromatic carbocycles. The van der Waals surface area contributed by atoms with Crippen LogP contribution in [-0.2, 0) is 17.8 Å². The Morgan fingerprint density at radius 2 is 2.00 bits per heavy atom. The predicted molar refractivity (Wildman–Crippen MR) is 102 cm³/mol. The molecule has 5 heteroatoms. The molecule has 0 bridgehead atoms. The molecule has 0 atom stereocenters. The molecule has 1 aromatic heterocycles. The fraction of sp³-hybridized carbons (Fsp3) is 0.200. The Balaban J connectivity index is 1.56. The van der Waals surface area contributed by atoms with Crippen LogP contribution < -0.4 is 5.32 Å². The highest BCUT2D eigenvalue weighted by atomic mass is 32.2. The molecule has 4 rings (SSSR count). The van der Waals surface area contributed by atoms with Crippen molar-refractivity contribution in [3.8, 4) is 11.3 Å². The van der Waals surface area contributed by atoms with Gasteiger partial charge in [0.05, 0.1) is 17.8 Å². The zero-order chi connectivity index (χ0) is 17.2. The summed E-state index contributed by atoms with van der Waals surface area (Å²) in [6.07, 6.45) is 2.44. The van der Waals surface area contributed by atoms with Crippen molar-refractivity contribution in [1.82, 2.24) is 9.55 Å². The molecule has 1 aliphatic heterocycles. The first-order valence-electron chi connectivity index (χ1n) is 8.34. The minimum atomic E-state index is -0.0112. The maximum atomic E-state index is 12.5. The van der Waals surface area contributed by atoms with Gasteiger partial charge in [-0.2, -0.15) is 0 Å². The van der Waals surface area contributed by atoms with Crippen molar-refractivity contribution in [3.05, 3.63) is 65.9 Å². The zero-order valence-corrected chi connectivity index (χ0v) is 14.8. The van der Waals surface area contributed by atoms with Gasteiger partial charge in [-0.25, -0.2) is 4.98 Å². The van der Waals surface area contributed by atoms with E-state index in [4.69, 9.17) is 4.98 Å². The Labute approximate surface area is 151 Å². The largest absolute Gasteiger partial charge is 0.325 e. The highest BCUT2D eigenvalue weighted by Gasteiger charge is 2.17. The van der Waals surface area contributed by atoms with Gasteiger partial charge in [0.1, 0.15) is 0 Å². The first-order valence-corrected chi connectivity index (χ1v) is 9.33. The third kappa shape index (κ3) is 3.33. The van der Waals surface area contributed by atoms with Crippen LogP contribution in [0.1, 0.15) is 11.1 Å². The van der Waals surface area contributed by atoms with Crippen molar-refractivity contribution in [3.63, 3.8) is 0 Å². The minimum Gasteiger partial charge on any atom is -0.325 e. The number of hydrogen-bond acceptors (Lipinski definition) is 3. The van der Waals surface area contributed by atoms with Crippen LogP contribution >= 0.6 is 11.8 Å². The summed E-state index contributed by atoms with van der Waals surface area (Å²) in [4.78, 5) is 17.2. The SMILES string of the molecule is Cc1ccccc1CC(=O)Nc1ccccc1-c1cn2c(n1)SCC2. The molecular weight excluding hydrogens is 330 g/mol. The van der Waals surface area contributed by atoms with Crippen molar-refractivity contribution in [2.24, 2.45) is 0 Å². The number of thioether (sulfide) groups is 1. The normalized spacial score (nSPS) is 12.8. The Kier molecular flexibility index (Phi) is 4.32. The summed E-state index contributed by atoms with van der Waals surface area (Å²) in [5.41, 5.74) is 4.86. The number of aromatic nitrogens is 2. The van der Waals surface area contributed by atoms with Gasteiger partial charge in [0.25, 0.3) is 0 Å². The molecule has 4 nitrogen and oxygen atoms in total. The second-order valence-electron chi connectivity index (χ2n) is 6.15. The monoisotopic (exact) mass is 349 g/mol. The van der Waals surface area contributed by atoms with E-state index < -0.39 is 0 Å². The lowest BCUT2D eigenvalue weighted by atomic mass is 10.1. The molecule has 126 valence electrons. The Morgan fingerprint density at radius 3 is 2.84 bits per heavy atom. The van der Waals surface area contributed by atoms with Gasteiger partial charge in [-0.15, -0.1) is 0 Å². The maximum Gasteiger partial charge on any atom is 0.228 e. The lowest BCUT2D eigenvalue weighted by molar-refractivity contribution is -0.115. The number of para-hydroxylation sites is 1. The van der Waals surface area contributed by atoms with Gasteiger partial charge in [0.2, 0.25) is 5.91 Å². The van der Waals surface area contributed by atoms with Crippen LogP contribution in [-0.4, -0.2) is 21.2 Å². The molecule has 0 saturated carbocycles. The molecule has 1 aliphatic rings. The van der Waals surface area contributed by atoms with Gasteiger partial charge in [-0.05, 0) is 24.1 Å². The maximum absolute atomic E-state index is 12.5. The average Bonchev–Trinajstić information content (AvgIpc) is 3.19. The van der Waals surface area contributed by atoms with Crippen LogP contribution in [0.3, 0.4) is 0 Å². The van der Waals surface area contributed by atoms with E-state index in [2.05, 4.69) is 16.1 Å². The van der Waals surface area contributed by atoms with Crippen LogP contribution in [0.2, 0.25) is 0 Å². The van der Waals surface area contributed by atoms with E-state index in [9.17, 15) is 4.79 Å². The van der Waals surface area contributed by atoms with E-state index in [1.807, 2.05) is 55.5 Å². The minimum absolute atomic E-state index is 0.0112. The number of aryl methyl sites for hydroxylation is 2. The lowest BCUT2D eigenvalue weighted by Gasteiger charge is -2.10. The van der Waals surface area contributed by atoms with Crippen molar-refractivity contribution in [2.75, 3.05) is 11.1 Å². The molecule has 2 heterocycles. The molecule has 1 N–H and O–H groups in total. The lowest BCUT2D eigenvalue weighted by Crippen LogP contribution is -2.15. The van der Waals surface area contributed by atoms with Crippen LogP contribution in [0.5, 0.6) is 0 Å². The molecule has 0 fully saturated rings. The second kappa shape index (κ2) is 6.76. The van der Waals surface area contributed by atoms with Crippen molar-refractivity contribution < 1.29 is 4.79 Å². The van der Waals surface area contributed by atoms with Gasteiger partial charge >= 0.3 is 0 Å². The summed E-state index contributed by atoms with van der Waals surface area (Å²) < 4.78 is 2.17. The summed E-state index contributed by atoms with van der Waals surface area (Å²) in [7, 11) is 0. The van der Waals surface area contributed by atoms with Gasteiger partial charge in [-0.1, -0.05) is 54.2 Å². The standard InChI is InChI=1S/C20H19N3OS/c1-14-6-2-3-7-15(14)12-19(24)21-17-9-5-4-8-16(17)18-13-23-10-11-25-20(23)22-18/h2-9,13H,10-12H2,1H3,(H,21,24). The van der Waals surface area contributed by atoms with E-state index in [1.165, 1.54) is 0 Å². The number of carbonyl (C=O) groups is 1. The van der Waals surface area contributed by atoms with Crippen LogP contribution in [0.4, 0.5) is 5.69 Å². The molecule has 25 heavy (non-hydrogen) atoms. The smallest absolute Gasteiger partial charge is 0.228 e. The third-order valence-corrected chi connectivity index (χ3v) is 5.36. The summed E-state index contributed by atoms with van der Waals surface area (Å²) in [5, 5.41) is 4.11. The molecule has 3 aromatic rings. The first kappa shape index (κ1) is 16.0. The topological polar surface area (TPSA) is 46.9 Å². The van der Waals surface area contributed by atoms with Crippen molar-refractivity contribution in [1.29, 1.82) is 0 Å². The summed E-state index contributed by atoms with van der Waals surface area (Å²) in [5.74, 6) is 1.07. The molecule has 0 spiro atoms. The fourth-order valence-corrected chi connectivity index (χ4v) is 3.97. The van der Waals surface area contributed by atoms with Gasteiger partial charge in [0, 0.05) is 24.1 Å². The van der Waals surface area contributed by atoms with E-state index in [-0.39, 0.29) is 5.91 Å². The quantitative estimate of drug-likeness (QED) is 0.770. The fourth-order valence-electron chi connectivity index (χ4n) is 3.03. The summed E-state index contributed by atoms with van der Waals surface area (Å²) in [6.45, 7) is 3.02. The zero-order valence-electron chi connectivity index (χ0n) is 14.0. The second-order valence-corrected chi connectivity index (χ2v) is 7.21. The average molecular weight is 349 g/mol. The number of benzene rings is 2. The van der Waals surface area contributed by atoms with E-state index in [0.29, 0.717) is 6.42 Å². The van der Waals surface area contributed by atoms with E-state index >= 15 is 0 Å². The molecule has 0 saturated heterocycles. The number of amides is 1. The Morgan fingerprint density at radius 1 is 1.20 bits per heavy atom. The number of rotatable bonds is 4. The first-order chi connectivity index (χ1) is 12.2. The number of nitrogens with zero attached hydrogens (tertiary/aromatic N) is 2. The number of fused-ring (bicyclic) bond motifs is 1. The molecule has 0 unspecified atom stereocenters. The highest BCUT2D eigenvalue weighted by Crippen LogP contribution is 2.32. The number of imidazole rings is 1. The molecule has 1 amide bonds. The third-order valence-electron chi connectivity index (χ3n) is 4.39. The summed E-state index contributed by atoms with van der Waals surface area (Å²) >= 11 is 1.77. The van der Waals surface area contributed by atoms with Crippen LogP contribution in [0.25, 0.3) is 11.3 Å². The Bertz CT molecular complexity index is 911. The van der Waals surface area contributed by atoms with Crippen molar-refractivity contribution >= 4 is 23.4 Å². The number of hydrogen-bond donors (Lipinski definition) is 1. The van der Waals surface area contributed by atoms with E-state index in [0.717, 1.165) is 45.5 Å². The van der Waals surface area contributed by atoms with Crippen LogP contribution in [0.15, 0.2) is 59.9 Å².